The van der Waals surface area contributed by atoms with Crippen LogP contribution in [0, 0.1) is 21.8 Å². The molecule has 2 aromatic carbocycles. The molecule has 0 radical (unpaired) electrons. The lowest BCUT2D eigenvalue weighted by molar-refractivity contribution is -0.384. The maximum Gasteiger partial charge on any atom is 0.297 e. The van der Waals surface area contributed by atoms with Crippen LogP contribution in [0.1, 0.15) is 41.6 Å². The Morgan fingerprint density at radius 2 is 1.97 bits per heavy atom. The zero-order valence-electron chi connectivity index (χ0n) is 17.4. The molecule has 1 fully saturated rings. The number of carbonyl (C=O) groups excluding carboxylic acids is 2. The van der Waals surface area contributed by atoms with Crippen LogP contribution in [0.3, 0.4) is 0 Å². The van der Waals surface area contributed by atoms with E-state index in [1.165, 1.54) is 12.1 Å². The largest absolute Gasteiger partial charge is 0.489 e. The van der Waals surface area contributed by atoms with Crippen molar-refractivity contribution in [3.63, 3.8) is 0 Å². The van der Waals surface area contributed by atoms with Crippen LogP contribution in [0.15, 0.2) is 30.3 Å². The highest BCUT2D eigenvalue weighted by Crippen LogP contribution is 2.44. The third-order valence-corrected chi connectivity index (χ3v) is 5.07. The number of nitrogens with one attached hydrogen (secondary N) is 2. The van der Waals surface area contributed by atoms with E-state index in [9.17, 15) is 24.1 Å². The number of rotatable bonds is 13. The molecular weight excluding hydrogens is 419 g/mol. The molecule has 0 spiro atoms. The molecule has 0 heterocycles. The first-order valence-corrected chi connectivity index (χ1v) is 10.3. The number of anilines is 2. The van der Waals surface area contributed by atoms with Gasteiger partial charge in [-0.3, -0.25) is 14.9 Å². The van der Waals surface area contributed by atoms with E-state index in [2.05, 4.69) is 10.6 Å². The fourth-order valence-electron chi connectivity index (χ4n) is 3.15. The molecule has 1 amide bonds. The maximum atomic E-state index is 13.2. The summed E-state index contributed by atoms with van der Waals surface area (Å²) in [7, 11) is 0. The normalized spacial score (nSPS) is 12.8. The van der Waals surface area contributed by atoms with Crippen molar-refractivity contribution in [3.05, 3.63) is 57.4 Å². The Kier molecular flexibility index (Phi) is 7.58. The fourth-order valence-corrected chi connectivity index (χ4v) is 3.15. The van der Waals surface area contributed by atoms with E-state index in [0.29, 0.717) is 37.5 Å². The van der Waals surface area contributed by atoms with Crippen molar-refractivity contribution in [1.82, 2.24) is 0 Å². The summed E-state index contributed by atoms with van der Waals surface area (Å²) in [5.74, 6) is -0.750. The van der Waals surface area contributed by atoms with E-state index in [1.807, 2.05) is 0 Å². The molecule has 9 nitrogen and oxygen atoms in total. The maximum absolute atomic E-state index is 13.2. The molecule has 0 aliphatic heterocycles. The number of aldehydes is 1. The molecule has 1 aliphatic rings. The molecule has 4 N–H and O–H groups in total. The summed E-state index contributed by atoms with van der Waals surface area (Å²) in [5, 5.41) is 17.9. The van der Waals surface area contributed by atoms with Crippen LogP contribution in [0.25, 0.3) is 0 Å². The van der Waals surface area contributed by atoms with Gasteiger partial charge in [-0.25, -0.2) is 4.39 Å². The number of benzene rings is 2. The lowest BCUT2D eigenvalue weighted by atomic mass is 10.1. The average molecular weight is 444 g/mol. The third kappa shape index (κ3) is 5.93. The van der Waals surface area contributed by atoms with Gasteiger partial charge in [-0.1, -0.05) is 12.1 Å². The summed E-state index contributed by atoms with van der Waals surface area (Å²) < 4.78 is 19.2. The second-order valence-corrected chi connectivity index (χ2v) is 7.61. The van der Waals surface area contributed by atoms with Gasteiger partial charge in [0, 0.05) is 25.6 Å². The second-order valence-electron chi connectivity index (χ2n) is 7.61. The lowest BCUT2D eigenvalue weighted by Gasteiger charge is -2.20. The molecule has 0 atom stereocenters. The number of nitro benzene ring substituents is 1. The molecule has 32 heavy (non-hydrogen) atoms. The Balaban J connectivity index is 2.02. The van der Waals surface area contributed by atoms with E-state index in [4.69, 9.17) is 10.5 Å². The molecule has 1 aliphatic carbocycles. The average Bonchev–Trinajstić information content (AvgIpc) is 3.59. The summed E-state index contributed by atoms with van der Waals surface area (Å²) in [6.45, 7) is 0.850. The van der Waals surface area contributed by atoms with Gasteiger partial charge in [-0.2, -0.15) is 0 Å². The van der Waals surface area contributed by atoms with Gasteiger partial charge >= 0.3 is 0 Å². The van der Waals surface area contributed by atoms with Crippen LogP contribution in [0.2, 0.25) is 0 Å². The minimum Gasteiger partial charge on any atom is -0.489 e. The predicted molar refractivity (Wildman–Crippen MR) is 117 cm³/mol. The number of amides is 1. The smallest absolute Gasteiger partial charge is 0.297 e. The van der Waals surface area contributed by atoms with E-state index >= 15 is 0 Å². The number of primary amides is 1. The first-order valence-electron chi connectivity index (χ1n) is 10.3. The lowest BCUT2D eigenvalue weighted by Crippen LogP contribution is -2.18. The van der Waals surface area contributed by atoms with Crippen molar-refractivity contribution >= 4 is 29.3 Å². The molecule has 0 unspecified atom stereocenters. The van der Waals surface area contributed by atoms with Crippen molar-refractivity contribution < 1.29 is 23.6 Å². The van der Waals surface area contributed by atoms with Gasteiger partial charge in [-0.05, 0) is 42.9 Å². The zero-order chi connectivity index (χ0) is 23.1. The van der Waals surface area contributed by atoms with Crippen molar-refractivity contribution in [2.75, 3.05) is 23.8 Å². The van der Waals surface area contributed by atoms with Gasteiger partial charge in [0.15, 0.2) is 11.4 Å². The van der Waals surface area contributed by atoms with Crippen molar-refractivity contribution in [1.29, 1.82) is 0 Å². The van der Waals surface area contributed by atoms with E-state index in [1.54, 1.807) is 12.1 Å². The van der Waals surface area contributed by atoms with Crippen LogP contribution in [0.5, 0.6) is 5.75 Å². The highest BCUT2D eigenvalue weighted by atomic mass is 19.1. The fraction of sp³-hybridized carbons (Fsp3) is 0.364. The Labute approximate surface area is 184 Å². The van der Waals surface area contributed by atoms with Gasteiger partial charge in [0.25, 0.3) is 11.6 Å². The zero-order valence-corrected chi connectivity index (χ0v) is 17.4. The van der Waals surface area contributed by atoms with Crippen LogP contribution in [0.4, 0.5) is 21.5 Å². The highest BCUT2D eigenvalue weighted by molar-refractivity contribution is 6.03. The molecule has 0 aromatic heterocycles. The number of unbranched alkanes of at least 4 members (excludes halogenated alkanes) is 1. The van der Waals surface area contributed by atoms with E-state index in [0.717, 1.165) is 25.2 Å². The van der Waals surface area contributed by atoms with Crippen molar-refractivity contribution in [2.24, 2.45) is 11.7 Å². The SMILES string of the molecule is NC(=O)c1cc([N+](=O)[O-])c(NCc2ccc(F)cc2)c(OCC2CC2)c1NCCCC=O. The van der Waals surface area contributed by atoms with Crippen LogP contribution >= 0.6 is 0 Å². The van der Waals surface area contributed by atoms with Crippen LogP contribution in [-0.4, -0.2) is 30.3 Å². The summed E-state index contributed by atoms with van der Waals surface area (Å²) in [6.07, 6.45) is 3.60. The summed E-state index contributed by atoms with van der Waals surface area (Å²) in [5.41, 5.74) is 6.13. The molecule has 10 heteroatoms. The summed E-state index contributed by atoms with van der Waals surface area (Å²) in [6, 6.07) is 6.84. The number of hydrogen-bond donors (Lipinski definition) is 3. The Morgan fingerprint density at radius 1 is 1.25 bits per heavy atom. The van der Waals surface area contributed by atoms with Gasteiger partial charge in [0.2, 0.25) is 0 Å². The van der Waals surface area contributed by atoms with Crippen LogP contribution < -0.4 is 21.1 Å². The standard InChI is InChI=1S/C22H25FN4O5/c23-16-7-5-14(6-8-16)12-26-20-18(27(30)31)11-17(22(24)29)19(25-9-1-2-10-28)21(20)32-13-15-3-4-15/h5-8,10-11,15,25-26H,1-4,9,12-13H2,(H2,24,29). The predicted octanol–water partition coefficient (Wildman–Crippen LogP) is 3.62. The molecule has 1 saturated carbocycles. The number of nitrogens with two attached hydrogens (primary N) is 1. The van der Waals surface area contributed by atoms with Gasteiger partial charge in [0.1, 0.15) is 12.1 Å². The second kappa shape index (κ2) is 10.6. The molecular formula is C22H25FN4O5. The third-order valence-electron chi connectivity index (χ3n) is 5.07. The highest BCUT2D eigenvalue weighted by Gasteiger charge is 2.30. The molecule has 170 valence electrons. The van der Waals surface area contributed by atoms with Crippen LogP contribution in [-0.2, 0) is 11.3 Å². The van der Waals surface area contributed by atoms with E-state index in [-0.39, 0.29) is 40.7 Å². The number of ether oxygens (including phenoxy) is 1. The minimum absolute atomic E-state index is 0.0686. The minimum atomic E-state index is -0.840. The van der Waals surface area contributed by atoms with Gasteiger partial charge in [-0.15, -0.1) is 0 Å². The summed E-state index contributed by atoms with van der Waals surface area (Å²) >= 11 is 0. The number of hydrogen-bond acceptors (Lipinski definition) is 7. The number of nitrogens with zero attached hydrogens (tertiary/aromatic N) is 1. The first-order chi connectivity index (χ1) is 15.4. The number of nitro groups is 1. The number of halogens is 1. The van der Waals surface area contributed by atoms with Gasteiger partial charge < -0.3 is 25.9 Å². The monoisotopic (exact) mass is 444 g/mol. The molecule has 2 aromatic rings. The summed E-state index contributed by atoms with van der Waals surface area (Å²) in [4.78, 5) is 33.9. The Bertz CT molecular complexity index is 993. The molecule has 0 bridgehead atoms. The Morgan fingerprint density at radius 3 is 2.56 bits per heavy atom. The van der Waals surface area contributed by atoms with Gasteiger partial charge in [0.05, 0.1) is 22.8 Å². The molecule has 0 saturated heterocycles. The van der Waals surface area contributed by atoms with Crippen molar-refractivity contribution in [3.8, 4) is 5.75 Å². The first kappa shape index (κ1) is 23.0. The number of carbonyl (C=O) groups is 2. The molecule has 3 rings (SSSR count). The quantitative estimate of drug-likeness (QED) is 0.186. The topological polar surface area (TPSA) is 137 Å². The van der Waals surface area contributed by atoms with Crippen molar-refractivity contribution in [2.45, 2.75) is 32.2 Å². The van der Waals surface area contributed by atoms with E-state index < -0.39 is 10.8 Å². The Hall–Kier alpha value is -3.69.